The van der Waals surface area contributed by atoms with E-state index in [-0.39, 0.29) is 90.4 Å². The van der Waals surface area contributed by atoms with Gasteiger partial charge in [0.15, 0.2) is 17.1 Å². The summed E-state index contributed by atoms with van der Waals surface area (Å²) in [5.41, 5.74) is 21.3. The lowest BCUT2D eigenvalue weighted by atomic mass is 9.95. The highest BCUT2D eigenvalue weighted by Crippen LogP contribution is 2.46. The molecule has 1 aliphatic rings. The lowest BCUT2D eigenvalue weighted by molar-refractivity contribution is -0.141. The van der Waals surface area contributed by atoms with E-state index in [1.165, 1.54) is 72.8 Å². The molecule has 6 atom stereocenters. The number of aliphatic carboxylic acids is 4. The number of nitrogens with two attached hydrogens (primary N) is 3. The fraction of sp³-hybridized carbons (Fsp3) is 0.297. The van der Waals surface area contributed by atoms with Gasteiger partial charge in [-0.05, 0) is 110 Å². The quantitative estimate of drug-likeness (QED) is 0.00485. The number of carbonyl (C=O) groups excluding carboxylic acids is 9. The van der Waals surface area contributed by atoms with Gasteiger partial charge in [-0.2, -0.15) is 4.98 Å². The number of esters is 1. The molecule has 0 fully saturated rings. The highest BCUT2D eigenvalue weighted by atomic mass is 35.5. The predicted octanol–water partition coefficient (Wildman–Crippen LogP) is 4.61. The molecule has 0 aliphatic carbocycles. The molecule has 4 aromatic heterocycles. The van der Waals surface area contributed by atoms with E-state index in [0.717, 1.165) is 16.3 Å². The number of hydrogen-bond acceptors (Lipinski definition) is 23. The maximum Gasteiger partial charge on any atom is 0.327 e. The highest BCUT2D eigenvalue weighted by molar-refractivity contribution is 8.76. The van der Waals surface area contributed by atoms with Crippen molar-refractivity contribution >= 4 is 189 Å². The molecule has 5 aromatic carbocycles. The minimum atomic E-state index is -1.71. The SMILES string of the molecule is CC(=O)N[C@@H](CSSCCC(=O)Nc1ccc2[nH]c(C(=O)Nc3ccc4[nH]c(C(=O)N5CC(CCl)c6c5cc(OC(C)=O)c5ccccc65)cc4c3)cc2c1)C(=O)O.C[C@H](CC(=O)O)NC(=O)[C@H](CCCN=C(N)N)NC(=O)[C@H](CC(=O)O)NC(=O)CC[C@H](NC(=O)c1ccc(NCc2cnc3nc(N)[nH]c(=O)c3n2)cc1)C(=O)O. The molecule has 0 bridgehead atoms. The van der Waals surface area contributed by atoms with Crippen LogP contribution in [0.15, 0.2) is 119 Å². The lowest BCUT2D eigenvalue weighted by Gasteiger charge is -2.24. The topological polar surface area (TPSA) is 605 Å². The van der Waals surface area contributed by atoms with Crippen molar-refractivity contribution in [2.45, 2.75) is 108 Å². The van der Waals surface area contributed by atoms with Crippen LogP contribution in [0.1, 0.15) is 114 Å². The number of guanidine groups is 1. The second-order valence-corrected chi connectivity index (χ2v) is 29.1. The zero-order valence-corrected chi connectivity index (χ0v) is 64.0. The second kappa shape index (κ2) is 39.7. The number of aromatic nitrogens is 6. The number of nitrogens with zero attached hydrogens (tertiary/aromatic N) is 5. The number of nitrogens with one attached hydrogen (secondary N) is 11. The van der Waals surface area contributed by atoms with E-state index in [0.29, 0.717) is 85.6 Å². The summed E-state index contributed by atoms with van der Waals surface area (Å²) in [6.07, 6.45) is -0.654. The summed E-state index contributed by atoms with van der Waals surface area (Å²) in [5.74, 6) is -9.83. The summed E-state index contributed by atoms with van der Waals surface area (Å²) in [4.78, 5) is 199. The predicted molar refractivity (Wildman–Crippen MR) is 428 cm³/mol. The van der Waals surface area contributed by atoms with Crippen molar-refractivity contribution in [1.82, 2.24) is 56.5 Å². The molecule has 38 nitrogen and oxygen atoms in total. The summed E-state index contributed by atoms with van der Waals surface area (Å²) >= 11 is 6.43. The minimum absolute atomic E-state index is 0.00310. The Labute approximate surface area is 664 Å². The van der Waals surface area contributed by atoms with Gasteiger partial charge in [0, 0.05) is 125 Å². The molecule has 8 amide bonds. The first-order valence-electron chi connectivity index (χ1n) is 35.3. The van der Waals surface area contributed by atoms with Crippen molar-refractivity contribution < 1.29 is 87.5 Å². The van der Waals surface area contributed by atoms with Crippen LogP contribution in [0.3, 0.4) is 0 Å². The van der Waals surface area contributed by atoms with Crippen LogP contribution in [0, 0.1) is 0 Å². The number of rotatable bonds is 36. The Balaban J connectivity index is 0.000000263. The van der Waals surface area contributed by atoms with E-state index in [4.69, 9.17) is 38.6 Å². The molecule has 604 valence electrons. The Morgan fingerprint density at radius 1 is 0.670 bits per heavy atom. The van der Waals surface area contributed by atoms with Gasteiger partial charge in [-0.15, -0.1) is 11.6 Å². The molecular formula is C74H80ClN19O19S2. The number of aliphatic imine (C=N–C) groups is 1. The fourth-order valence-electron chi connectivity index (χ4n) is 12.0. The number of H-pyrrole nitrogens is 3. The second-order valence-electron chi connectivity index (χ2n) is 26.2. The first-order chi connectivity index (χ1) is 54.8. The number of benzene rings is 5. The summed E-state index contributed by atoms with van der Waals surface area (Å²) in [6.45, 7) is 4.56. The number of amides is 8. The molecule has 0 spiro atoms. The lowest BCUT2D eigenvalue weighted by Crippen LogP contribution is -2.55. The molecule has 1 unspecified atom stereocenters. The maximum atomic E-state index is 14.1. The van der Waals surface area contributed by atoms with Crippen molar-refractivity contribution in [2.75, 3.05) is 57.1 Å². The number of carboxylic acid groups (broad SMARTS) is 4. The zero-order valence-electron chi connectivity index (χ0n) is 61.6. The Morgan fingerprint density at radius 3 is 1.96 bits per heavy atom. The van der Waals surface area contributed by atoms with Gasteiger partial charge in [0.25, 0.3) is 23.3 Å². The normalized spacial score (nSPS) is 13.4. The molecule has 41 heteroatoms. The molecule has 10 rings (SSSR count). The van der Waals surface area contributed by atoms with Crippen molar-refractivity contribution in [2.24, 2.45) is 16.5 Å². The summed E-state index contributed by atoms with van der Waals surface area (Å²) in [5, 5.41) is 60.9. The summed E-state index contributed by atoms with van der Waals surface area (Å²) < 4.78 is 5.56. The molecular weight excluding hydrogens is 1560 g/mol. The molecule has 5 heterocycles. The third kappa shape index (κ3) is 24.1. The van der Waals surface area contributed by atoms with Crippen LogP contribution in [0.25, 0.3) is 43.7 Å². The van der Waals surface area contributed by atoms with Crippen LogP contribution in [-0.2, 0) is 54.5 Å². The summed E-state index contributed by atoms with van der Waals surface area (Å²) in [7, 11) is 2.60. The van der Waals surface area contributed by atoms with E-state index in [1.807, 2.05) is 24.3 Å². The van der Waals surface area contributed by atoms with E-state index >= 15 is 0 Å². The number of carboxylic acids is 4. The Hall–Kier alpha value is -13.4. The molecule has 9 aromatic rings. The van der Waals surface area contributed by atoms with Crippen molar-refractivity contribution in [1.29, 1.82) is 0 Å². The van der Waals surface area contributed by atoms with Gasteiger partial charge >= 0.3 is 29.8 Å². The molecule has 0 saturated heterocycles. The Kier molecular flexibility index (Phi) is 29.6. The Morgan fingerprint density at radius 2 is 1.31 bits per heavy atom. The van der Waals surface area contributed by atoms with Gasteiger partial charge in [0.05, 0.1) is 37.0 Å². The van der Waals surface area contributed by atoms with Crippen LogP contribution in [0.2, 0.25) is 0 Å². The number of fused-ring (bicyclic) bond motifs is 6. The molecule has 1 aliphatic heterocycles. The number of carbonyl (C=O) groups is 13. The number of alkyl halides is 1. The van der Waals surface area contributed by atoms with E-state index < -0.39 is 121 Å². The van der Waals surface area contributed by atoms with Gasteiger partial charge in [0.1, 0.15) is 41.3 Å². The van der Waals surface area contributed by atoms with Crippen molar-refractivity contribution in [3.63, 3.8) is 0 Å². The zero-order chi connectivity index (χ0) is 83.3. The van der Waals surface area contributed by atoms with Crippen LogP contribution >= 0.6 is 33.2 Å². The third-order valence-corrected chi connectivity index (χ3v) is 20.1. The van der Waals surface area contributed by atoms with E-state index in [2.05, 4.69) is 77.4 Å². The largest absolute Gasteiger partial charge is 0.481 e. The fourth-order valence-corrected chi connectivity index (χ4v) is 14.4. The number of ether oxygens (including phenoxy) is 1. The van der Waals surface area contributed by atoms with Gasteiger partial charge in [-0.1, -0.05) is 45.9 Å². The minimum Gasteiger partial charge on any atom is -0.481 e. The van der Waals surface area contributed by atoms with Crippen molar-refractivity contribution in [3.05, 3.63) is 148 Å². The van der Waals surface area contributed by atoms with E-state index in [1.54, 1.807) is 59.5 Å². The standard InChI is InChI=1S/C41H37ClN6O8S2.C33H43N13O11/c1-21(49)43-34(41(54)55)20-58-57-12-11-37(51)44-26-7-9-30-23(13-26)15-32(46-30)39(52)45-27-8-10-31-24(14-27)16-33(47-31)40(53)48-19-25(18-42)38-29-6-4-3-5-28(29)36(17-35(38)48)56-22(2)50;1-15(11-23(48)49)40-28(53)19(3-2-10-37-32(34)35)43-29(54)21(12-24(50)51)42-22(47)9-8-20(31(56)57)44-27(52)16-4-6-17(7-5-16)38-13-18-14-39-26-25(41-18)30(55)46-33(36)45-26/h3-10,13-17,25,34,46-47H,11-12,18-20H2,1-2H3,(H,43,49)(H,44,51)(H,45,52)(H,54,55);4-7,14-15,19-21,38H,2-3,8-13H2,1H3,(H,40,53)(H,42,47)(H,43,54)(H,44,52)(H,48,49)(H,50,51)(H,56,57)(H4,34,35,37)(H3,36,39,45,46,55)/t25?,34-;15-,19+,20+,21+/m01/s1. The van der Waals surface area contributed by atoms with Gasteiger partial charge in [-0.25, -0.2) is 19.6 Å². The average Bonchev–Trinajstić information content (AvgIpc) is 1.59. The van der Waals surface area contributed by atoms with E-state index in [9.17, 15) is 82.4 Å². The number of halogens is 1. The van der Waals surface area contributed by atoms with Crippen LogP contribution in [0.4, 0.5) is 28.7 Å². The monoisotopic (exact) mass is 1640 g/mol. The molecule has 0 radical (unpaired) electrons. The third-order valence-electron chi connectivity index (χ3n) is 17.3. The molecule has 21 N–H and O–H groups in total. The first-order valence-corrected chi connectivity index (χ1v) is 38.3. The number of anilines is 5. The summed E-state index contributed by atoms with van der Waals surface area (Å²) in [6, 6.07) is 22.7. The van der Waals surface area contributed by atoms with Gasteiger partial charge in [0.2, 0.25) is 35.5 Å². The van der Waals surface area contributed by atoms with Crippen LogP contribution in [0.5, 0.6) is 5.75 Å². The van der Waals surface area contributed by atoms with Gasteiger partial charge < -0.3 is 99.8 Å². The van der Waals surface area contributed by atoms with Crippen LogP contribution < -0.4 is 74.9 Å². The number of hydrogen-bond donors (Lipinski definition) is 18. The maximum absolute atomic E-state index is 14.1. The first kappa shape index (κ1) is 85.6. The molecule has 0 saturated carbocycles. The molecule has 115 heavy (non-hydrogen) atoms. The number of nitrogen functional groups attached to an aromatic ring is 1. The number of aromatic amines is 3. The van der Waals surface area contributed by atoms with Gasteiger partial charge in [-0.3, -0.25) is 67.5 Å². The Bertz CT molecular complexity index is 5330. The smallest absolute Gasteiger partial charge is 0.327 e. The average molecular weight is 1640 g/mol. The highest BCUT2D eigenvalue weighted by Gasteiger charge is 2.37. The van der Waals surface area contributed by atoms with Crippen LogP contribution in [-0.4, -0.2) is 194 Å². The van der Waals surface area contributed by atoms with Crippen molar-refractivity contribution in [3.8, 4) is 5.75 Å².